The van der Waals surface area contributed by atoms with Gasteiger partial charge < -0.3 is 0 Å². The van der Waals surface area contributed by atoms with E-state index < -0.39 is 0 Å². The second-order valence-electron chi connectivity index (χ2n) is 6.15. The fourth-order valence-electron chi connectivity index (χ4n) is 1.75. The molecule has 0 aliphatic heterocycles. The van der Waals surface area contributed by atoms with E-state index in [0.717, 1.165) is 13.1 Å². The summed E-state index contributed by atoms with van der Waals surface area (Å²) in [5.74, 6) is 6.30. The molecule has 0 N–H and O–H groups in total. The van der Waals surface area contributed by atoms with Gasteiger partial charge in [-0.15, -0.1) is 0 Å². The molecule has 2 heteroatoms. The molecule has 0 aromatic heterocycles. The first kappa shape index (κ1) is 17.0. The topological polar surface area (TPSA) is 3.24 Å². The van der Waals surface area contributed by atoms with Crippen LogP contribution in [-0.4, -0.2) is 18.5 Å². The summed E-state index contributed by atoms with van der Waals surface area (Å²) >= 11 is 3.62. The Morgan fingerprint density at radius 3 is 2.60 bits per heavy atom. The number of aryl methyl sites for hydroxylation is 1. The summed E-state index contributed by atoms with van der Waals surface area (Å²) in [4.78, 5) is 2.28. The van der Waals surface area contributed by atoms with E-state index in [1.54, 1.807) is 0 Å². The Bertz CT molecular complexity index is 506. The third-order valence-corrected chi connectivity index (χ3v) is 3.59. The van der Waals surface area contributed by atoms with E-state index in [9.17, 15) is 0 Å². The van der Waals surface area contributed by atoms with Gasteiger partial charge in [0, 0.05) is 23.0 Å². The molecule has 0 bridgehead atoms. The minimum atomic E-state index is 0.0717. The molecule has 1 nitrogen and oxygen atoms in total. The van der Waals surface area contributed by atoms with Crippen molar-refractivity contribution < 1.29 is 0 Å². The van der Waals surface area contributed by atoms with Crippen LogP contribution in [0.15, 0.2) is 34.8 Å². The van der Waals surface area contributed by atoms with Crippen LogP contribution in [0.4, 0.5) is 0 Å². The summed E-state index contributed by atoms with van der Waals surface area (Å²) in [6, 6.07) is 6.32. The van der Waals surface area contributed by atoms with Gasteiger partial charge in [-0.05, 0) is 58.0 Å². The lowest BCUT2D eigenvalue weighted by molar-refractivity contribution is 0.362. The molecule has 1 aromatic carbocycles. The molecule has 0 saturated heterocycles. The maximum absolute atomic E-state index is 3.62. The number of hydrogen-bond acceptors (Lipinski definition) is 1. The standard InChI is InChI=1S/C18H24BrN/c1-15-10-9-11-17(19)16(15)14-20(5)13-8-6-7-12-18(2,3)4/h6,8-11H,13-14H2,1-5H3. The van der Waals surface area contributed by atoms with Crippen LogP contribution >= 0.6 is 15.9 Å². The molecule has 0 saturated carbocycles. The third kappa shape index (κ3) is 6.41. The Labute approximate surface area is 132 Å². The van der Waals surface area contributed by atoms with Crippen molar-refractivity contribution in [3.05, 3.63) is 46.0 Å². The molecule has 0 radical (unpaired) electrons. The fourth-order valence-corrected chi connectivity index (χ4v) is 2.34. The van der Waals surface area contributed by atoms with Gasteiger partial charge in [-0.3, -0.25) is 4.90 Å². The summed E-state index contributed by atoms with van der Waals surface area (Å²) in [6.07, 6.45) is 4.07. The minimum Gasteiger partial charge on any atom is -0.298 e. The van der Waals surface area contributed by atoms with Crippen LogP contribution in [0, 0.1) is 24.2 Å². The van der Waals surface area contributed by atoms with Crippen molar-refractivity contribution in [3.8, 4) is 11.8 Å². The summed E-state index contributed by atoms with van der Waals surface area (Å²) in [5.41, 5.74) is 2.74. The lowest BCUT2D eigenvalue weighted by Gasteiger charge is -2.17. The van der Waals surface area contributed by atoms with E-state index in [2.05, 4.69) is 91.7 Å². The van der Waals surface area contributed by atoms with Gasteiger partial charge in [-0.1, -0.05) is 46.0 Å². The van der Waals surface area contributed by atoms with Crippen molar-refractivity contribution in [2.45, 2.75) is 34.2 Å². The highest BCUT2D eigenvalue weighted by Crippen LogP contribution is 2.21. The first-order valence-electron chi connectivity index (χ1n) is 6.90. The van der Waals surface area contributed by atoms with Gasteiger partial charge >= 0.3 is 0 Å². The number of allylic oxidation sites excluding steroid dienone is 1. The van der Waals surface area contributed by atoms with Gasteiger partial charge in [0.1, 0.15) is 0 Å². The molecule has 0 aliphatic carbocycles. The Balaban J connectivity index is 2.54. The number of hydrogen-bond donors (Lipinski definition) is 0. The lowest BCUT2D eigenvalue weighted by atomic mass is 9.98. The van der Waals surface area contributed by atoms with Crippen molar-refractivity contribution in [1.29, 1.82) is 0 Å². The first-order valence-corrected chi connectivity index (χ1v) is 7.69. The molecular weight excluding hydrogens is 310 g/mol. The highest BCUT2D eigenvalue weighted by molar-refractivity contribution is 9.10. The second-order valence-corrected chi connectivity index (χ2v) is 7.01. The van der Waals surface area contributed by atoms with E-state index in [1.165, 1.54) is 15.6 Å². The van der Waals surface area contributed by atoms with Crippen LogP contribution in [0.2, 0.25) is 0 Å². The maximum atomic E-state index is 3.62. The largest absolute Gasteiger partial charge is 0.298 e. The van der Waals surface area contributed by atoms with Crippen LogP contribution in [0.25, 0.3) is 0 Å². The van der Waals surface area contributed by atoms with Crippen molar-refractivity contribution in [3.63, 3.8) is 0 Å². The van der Waals surface area contributed by atoms with Crippen LogP contribution in [-0.2, 0) is 6.54 Å². The molecular formula is C18H24BrN. The van der Waals surface area contributed by atoms with Gasteiger partial charge in [-0.25, -0.2) is 0 Å². The average molecular weight is 334 g/mol. The first-order chi connectivity index (χ1) is 9.29. The van der Waals surface area contributed by atoms with E-state index in [4.69, 9.17) is 0 Å². The normalized spacial score (nSPS) is 11.8. The summed E-state index contributed by atoms with van der Waals surface area (Å²) in [5, 5.41) is 0. The molecule has 1 aromatic rings. The van der Waals surface area contributed by atoms with Crippen LogP contribution in [0.1, 0.15) is 31.9 Å². The monoisotopic (exact) mass is 333 g/mol. The molecule has 20 heavy (non-hydrogen) atoms. The molecule has 0 amide bonds. The fraction of sp³-hybridized carbons (Fsp3) is 0.444. The SMILES string of the molecule is Cc1cccc(Br)c1CN(C)CC=CC#CC(C)(C)C. The highest BCUT2D eigenvalue weighted by Gasteiger charge is 2.05. The van der Waals surface area contributed by atoms with Crippen molar-refractivity contribution >= 4 is 15.9 Å². The molecule has 0 unspecified atom stereocenters. The predicted molar refractivity (Wildman–Crippen MR) is 91.6 cm³/mol. The van der Waals surface area contributed by atoms with Gasteiger partial charge in [0.05, 0.1) is 0 Å². The van der Waals surface area contributed by atoms with Crippen molar-refractivity contribution in [1.82, 2.24) is 4.90 Å². The summed E-state index contributed by atoms with van der Waals surface area (Å²) in [6.45, 7) is 10.4. The number of halogens is 1. The predicted octanol–water partition coefficient (Wildman–Crippen LogP) is 4.80. The molecule has 1 rings (SSSR count). The second kappa shape index (κ2) is 7.67. The molecule has 0 fully saturated rings. The molecule has 0 spiro atoms. The van der Waals surface area contributed by atoms with E-state index >= 15 is 0 Å². The zero-order chi connectivity index (χ0) is 15.2. The molecule has 0 atom stereocenters. The summed E-state index contributed by atoms with van der Waals surface area (Å²) in [7, 11) is 2.13. The number of benzene rings is 1. The van der Waals surface area contributed by atoms with Gasteiger partial charge in [-0.2, -0.15) is 0 Å². The maximum Gasteiger partial charge on any atom is 0.0247 e. The van der Waals surface area contributed by atoms with Crippen molar-refractivity contribution in [2.75, 3.05) is 13.6 Å². The zero-order valence-corrected chi connectivity index (χ0v) is 14.7. The van der Waals surface area contributed by atoms with Gasteiger partial charge in [0.25, 0.3) is 0 Å². The van der Waals surface area contributed by atoms with Crippen molar-refractivity contribution in [2.24, 2.45) is 5.41 Å². The van der Waals surface area contributed by atoms with E-state index in [0.29, 0.717) is 0 Å². The van der Waals surface area contributed by atoms with E-state index in [1.807, 2.05) is 6.08 Å². The summed E-state index contributed by atoms with van der Waals surface area (Å²) < 4.78 is 1.18. The Morgan fingerprint density at radius 1 is 1.30 bits per heavy atom. The van der Waals surface area contributed by atoms with Gasteiger partial charge in [0.15, 0.2) is 0 Å². The smallest absolute Gasteiger partial charge is 0.0247 e. The molecule has 0 aliphatic rings. The quantitative estimate of drug-likeness (QED) is 0.715. The Hall–Kier alpha value is -1.04. The molecule has 0 heterocycles. The van der Waals surface area contributed by atoms with Gasteiger partial charge in [0.2, 0.25) is 0 Å². The van der Waals surface area contributed by atoms with Crippen LogP contribution in [0.3, 0.4) is 0 Å². The van der Waals surface area contributed by atoms with Crippen LogP contribution < -0.4 is 0 Å². The minimum absolute atomic E-state index is 0.0717. The average Bonchev–Trinajstić information content (AvgIpc) is 2.32. The molecule has 108 valence electrons. The Morgan fingerprint density at radius 2 is 2.00 bits per heavy atom. The number of likely N-dealkylation sites (N-methyl/N-ethyl adjacent to an activating group) is 1. The zero-order valence-electron chi connectivity index (χ0n) is 13.1. The van der Waals surface area contributed by atoms with Crippen LogP contribution in [0.5, 0.6) is 0 Å². The van der Waals surface area contributed by atoms with E-state index in [-0.39, 0.29) is 5.41 Å². The third-order valence-electron chi connectivity index (χ3n) is 2.85. The number of rotatable bonds is 4. The number of nitrogens with zero attached hydrogens (tertiary/aromatic N) is 1. The Kier molecular flexibility index (Phi) is 6.52. The highest BCUT2D eigenvalue weighted by atomic mass is 79.9. The lowest BCUT2D eigenvalue weighted by Crippen LogP contribution is -2.18.